The Morgan fingerprint density at radius 1 is 0.724 bits per heavy atom. The van der Waals surface area contributed by atoms with Gasteiger partial charge in [0.2, 0.25) is 0 Å². The van der Waals surface area contributed by atoms with Crippen molar-refractivity contribution < 1.29 is 27.0 Å². The van der Waals surface area contributed by atoms with Gasteiger partial charge in [-0.05, 0) is 74.9 Å². The zero-order chi connectivity index (χ0) is 20.3. The normalized spacial score (nSPS) is 19.6. The first-order chi connectivity index (χ1) is 13.3. The summed E-state index contributed by atoms with van der Waals surface area (Å²) >= 11 is 0. The van der Waals surface area contributed by atoms with Crippen LogP contribution in [0.25, 0.3) is 0 Å². The van der Waals surface area contributed by atoms with Gasteiger partial charge in [-0.2, -0.15) is 0 Å². The maximum absolute atomic E-state index is 10.3. The van der Waals surface area contributed by atoms with Crippen LogP contribution in [-0.2, 0) is 16.8 Å². The Morgan fingerprint density at radius 2 is 1.10 bits per heavy atom. The van der Waals surface area contributed by atoms with Gasteiger partial charge < -0.3 is 10.2 Å². The molecule has 5 heteroatoms. The minimum Gasteiger partial charge on any atom is -0.507 e. The third kappa shape index (κ3) is 5.70. The van der Waals surface area contributed by atoms with Crippen molar-refractivity contribution >= 4 is 12.4 Å². The average Bonchev–Trinajstić information content (AvgIpc) is 2.65. The van der Waals surface area contributed by atoms with Crippen molar-refractivity contribution in [2.45, 2.75) is 65.5 Å². The van der Waals surface area contributed by atoms with E-state index in [4.69, 9.17) is 9.98 Å². The molecule has 1 saturated carbocycles. The van der Waals surface area contributed by atoms with Crippen molar-refractivity contribution in [3.63, 3.8) is 0 Å². The number of aliphatic imine (C=N–C) groups is 2. The molecule has 0 amide bonds. The van der Waals surface area contributed by atoms with E-state index in [1.54, 1.807) is 12.4 Å². The summed E-state index contributed by atoms with van der Waals surface area (Å²) in [5.74, 6) is 0.593. The molecule has 0 saturated heterocycles. The zero-order valence-corrected chi connectivity index (χ0v) is 18.6. The van der Waals surface area contributed by atoms with Crippen molar-refractivity contribution in [2.24, 2.45) is 9.98 Å². The van der Waals surface area contributed by atoms with Gasteiger partial charge in [0, 0.05) is 40.3 Å². The predicted molar refractivity (Wildman–Crippen MR) is 116 cm³/mol. The van der Waals surface area contributed by atoms with E-state index >= 15 is 0 Å². The van der Waals surface area contributed by atoms with Gasteiger partial charge in [0.15, 0.2) is 0 Å². The Labute approximate surface area is 184 Å². The van der Waals surface area contributed by atoms with Crippen molar-refractivity contribution in [3.05, 3.63) is 57.6 Å². The molecule has 2 aromatic rings. The number of nitrogens with zero attached hydrogens (tertiary/aromatic N) is 2. The van der Waals surface area contributed by atoms with Gasteiger partial charge in [0.25, 0.3) is 0 Å². The number of benzene rings is 2. The third-order valence-electron chi connectivity index (χ3n) is 5.45. The van der Waals surface area contributed by atoms with E-state index in [0.29, 0.717) is 11.5 Å². The van der Waals surface area contributed by atoms with Gasteiger partial charge in [0.05, 0.1) is 12.1 Å². The second-order valence-corrected chi connectivity index (χ2v) is 8.01. The summed E-state index contributed by atoms with van der Waals surface area (Å²) in [6.45, 7) is 7.86. The third-order valence-corrected chi connectivity index (χ3v) is 5.45. The van der Waals surface area contributed by atoms with Crippen LogP contribution in [0.1, 0.15) is 59.1 Å². The van der Waals surface area contributed by atoms with Crippen LogP contribution in [-0.4, -0.2) is 34.7 Å². The Morgan fingerprint density at radius 3 is 1.48 bits per heavy atom. The molecule has 2 N–H and O–H groups in total. The number of aryl methyl sites for hydroxylation is 4. The van der Waals surface area contributed by atoms with Gasteiger partial charge in [0.1, 0.15) is 11.5 Å². The number of phenols is 2. The summed E-state index contributed by atoms with van der Waals surface area (Å²) in [6, 6.07) is 8.05. The number of aromatic hydroxyl groups is 2. The molecule has 1 fully saturated rings. The fraction of sp³-hybridized carbons (Fsp3) is 0.417. The van der Waals surface area contributed by atoms with Gasteiger partial charge in [-0.25, -0.2) is 0 Å². The fourth-order valence-electron chi connectivity index (χ4n) is 3.97. The van der Waals surface area contributed by atoms with Gasteiger partial charge in [-0.15, -0.1) is 0 Å². The average molecular weight is 437 g/mol. The van der Waals surface area contributed by atoms with Crippen molar-refractivity contribution in [3.8, 4) is 11.5 Å². The van der Waals surface area contributed by atoms with E-state index in [1.807, 2.05) is 52.0 Å². The molecule has 157 valence electrons. The first kappa shape index (κ1) is 23.2. The van der Waals surface area contributed by atoms with E-state index in [2.05, 4.69) is 0 Å². The maximum atomic E-state index is 10.3. The van der Waals surface area contributed by atoms with Crippen LogP contribution in [0.15, 0.2) is 34.3 Å². The minimum absolute atomic E-state index is 0. The summed E-state index contributed by atoms with van der Waals surface area (Å²) in [6.07, 6.45) is 7.85. The minimum atomic E-state index is 0. The summed E-state index contributed by atoms with van der Waals surface area (Å²) in [7, 11) is 0. The number of hydrogen-bond acceptors (Lipinski definition) is 4. The van der Waals surface area contributed by atoms with Crippen LogP contribution in [0.2, 0.25) is 0 Å². The molecule has 0 heterocycles. The first-order valence-electron chi connectivity index (χ1n) is 10.0. The molecule has 1 radical (unpaired) electrons. The van der Waals surface area contributed by atoms with Gasteiger partial charge >= 0.3 is 0 Å². The molecule has 0 bridgehead atoms. The van der Waals surface area contributed by atoms with Crippen molar-refractivity contribution in [1.29, 1.82) is 0 Å². The monoisotopic (exact) mass is 437 g/mol. The van der Waals surface area contributed by atoms with Crippen LogP contribution >= 0.6 is 0 Å². The molecule has 3 rings (SSSR count). The van der Waals surface area contributed by atoms with Crippen LogP contribution in [0.3, 0.4) is 0 Å². The van der Waals surface area contributed by atoms with E-state index in [0.717, 1.165) is 59.1 Å². The quantitative estimate of drug-likeness (QED) is 0.648. The van der Waals surface area contributed by atoms with Crippen LogP contribution in [0.5, 0.6) is 11.5 Å². The molecular weight excluding hydrogens is 407 g/mol. The Balaban J connectivity index is 0.00000300. The van der Waals surface area contributed by atoms with Crippen LogP contribution in [0, 0.1) is 27.7 Å². The zero-order valence-electron chi connectivity index (χ0n) is 17.6. The maximum Gasteiger partial charge on any atom is 0.127 e. The molecule has 29 heavy (non-hydrogen) atoms. The molecule has 2 aromatic carbocycles. The molecule has 4 nitrogen and oxygen atoms in total. The largest absolute Gasteiger partial charge is 0.507 e. The Hall–Kier alpha value is -2.11. The molecule has 1 aliphatic carbocycles. The predicted octanol–water partition coefficient (Wildman–Crippen LogP) is 5.18. The molecule has 0 aliphatic heterocycles. The van der Waals surface area contributed by atoms with E-state index < -0.39 is 0 Å². The summed E-state index contributed by atoms with van der Waals surface area (Å²) in [5.41, 5.74) is 5.48. The van der Waals surface area contributed by atoms with Gasteiger partial charge in [-0.3, -0.25) is 9.98 Å². The molecule has 1 unspecified atom stereocenters. The Kier molecular flexibility index (Phi) is 8.05. The molecule has 0 spiro atoms. The van der Waals surface area contributed by atoms with E-state index in [9.17, 15) is 10.2 Å². The molecule has 0 aromatic heterocycles. The molecular formula is C24H30CoN2O2. The summed E-state index contributed by atoms with van der Waals surface area (Å²) in [4.78, 5) is 9.57. The van der Waals surface area contributed by atoms with Gasteiger partial charge in [-0.1, -0.05) is 25.0 Å². The fourth-order valence-corrected chi connectivity index (χ4v) is 3.97. The first-order valence-corrected chi connectivity index (χ1v) is 10.0. The molecule has 2 atom stereocenters. The standard InChI is InChI=1S/C24H30N2O2.Co/c1-15-9-17(3)23(27)19(11-15)13-25-21-7-5-6-8-22(21)26-14-20-12-16(2)10-18(4)24(20)28;/h9-14,21-22,27-28H,5-8H2,1-4H3;/t21-,22?;/m0./s1. The van der Waals surface area contributed by atoms with Crippen molar-refractivity contribution in [1.82, 2.24) is 0 Å². The smallest absolute Gasteiger partial charge is 0.127 e. The number of rotatable bonds is 4. The summed E-state index contributed by atoms with van der Waals surface area (Å²) < 4.78 is 0. The number of phenolic OH excluding ortho intramolecular Hbond substituents is 2. The number of hydrogen-bond donors (Lipinski definition) is 2. The second-order valence-electron chi connectivity index (χ2n) is 8.01. The SMILES string of the molecule is Cc1cc(C)c(O)c(C=NC2CCCC[C@@H]2N=Cc2cc(C)cc(C)c2O)c1.[Co]. The second kappa shape index (κ2) is 10.1. The van der Waals surface area contributed by atoms with Crippen LogP contribution in [0.4, 0.5) is 0 Å². The topological polar surface area (TPSA) is 65.2 Å². The summed E-state index contributed by atoms with van der Waals surface area (Å²) in [5, 5.41) is 20.6. The Bertz CT molecular complexity index is 846. The van der Waals surface area contributed by atoms with E-state index in [1.165, 1.54) is 0 Å². The van der Waals surface area contributed by atoms with E-state index in [-0.39, 0.29) is 28.9 Å². The van der Waals surface area contributed by atoms with Crippen LogP contribution < -0.4 is 0 Å². The van der Waals surface area contributed by atoms with Crippen molar-refractivity contribution in [2.75, 3.05) is 0 Å². The molecule has 1 aliphatic rings.